The van der Waals surface area contributed by atoms with Crippen LogP contribution in [-0.2, 0) is 10.5 Å². The van der Waals surface area contributed by atoms with E-state index in [1.54, 1.807) is 18.2 Å². The van der Waals surface area contributed by atoms with E-state index in [0.29, 0.717) is 22.0 Å². The highest BCUT2D eigenvalue weighted by Crippen LogP contribution is 2.34. The molecule has 1 fully saturated rings. The number of nitrogens with zero attached hydrogens (tertiary/aromatic N) is 4. The predicted molar refractivity (Wildman–Crippen MR) is 108 cm³/mol. The minimum atomic E-state index is -0.455. The monoisotopic (exact) mass is 417 g/mol. The molecule has 2 aromatic heterocycles. The number of carbonyl (C=O) groups excluding carboxylic acids is 1. The van der Waals surface area contributed by atoms with Crippen LogP contribution in [0, 0.1) is 5.82 Å². The first kappa shape index (κ1) is 19.1. The molecule has 1 amide bonds. The van der Waals surface area contributed by atoms with E-state index >= 15 is 0 Å². The standard InChI is InChI=1S/C19H20FN5OS2/c1-12(26)25(16-9-5-4-8-15(16)20)19-21-14(11-28-19)10-27-18-22-17(23-24-18)13-6-2-3-7-13/h4-5,8-9,11,13H,2-3,6-7,10H2,1H3,(H,22,23,24). The number of thiazole rings is 1. The fourth-order valence-corrected chi connectivity index (χ4v) is 5.03. The summed E-state index contributed by atoms with van der Waals surface area (Å²) >= 11 is 2.81. The van der Waals surface area contributed by atoms with Crippen molar-refractivity contribution in [3.63, 3.8) is 0 Å². The molecule has 28 heavy (non-hydrogen) atoms. The van der Waals surface area contributed by atoms with Gasteiger partial charge in [-0.1, -0.05) is 36.7 Å². The summed E-state index contributed by atoms with van der Waals surface area (Å²) in [6.07, 6.45) is 4.85. The van der Waals surface area contributed by atoms with Gasteiger partial charge in [0.05, 0.1) is 11.4 Å². The average molecular weight is 418 g/mol. The maximum atomic E-state index is 14.2. The first-order valence-electron chi connectivity index (χ1n) is 9.16. The van der Waals surface area contributed by atoms with Crippen molar-refractivity contribution in [2.24, 2.45) is 0 Å². The molecule has 3 aromatic rings. The molecule has 2 heterocycles. The second-order valence-electron chi connectivity index (χ2n) is 6.70. The molecule has 1 saturated carbocycles. The van der Waals surface area contributed by atoms with E-state index in [4.69, 9.17) is 0 Å². The van der Waals surface area contributed by atoms with Gasteiger partial charge in [-0.05, 0) is 25.0 Å². The van der Waals surface area contributed by atoms with Crippen LogP contribution in [0.5, 0.6) is 0 Å². The molecular formula is C19H20FN5OS2. The van der Waals surface area contributed by atoms with Gasteiger partial charge in [0, 0.05) is 24.0 Å². The summed E-state index contributed by atoms with van der Waals surface area (Å²) in [4.78, 5) is 22.5. The molecule has 1 aromatic carbocycles. The van der Waals surface area contributed by atoms with Gasteiger partial charge in [-0.2, -0.15) is 0 Å². The van der Waals surface area contributed by atoms with Gasteiger partial charge in [-0.3, -0.25) is 14.8 Å². The van der Waals surface area contributed by atoms with Crippen molar-refractivity contribution in [3.05, 3.63) is 47.0 Å². The number of halogens is 1. The van der Waals surface area contributed by atoms with E-state index in [2.05, 4.69) is 20.2 Å². The molecule has 0 atom stereocenters. The Kier molecular flexibility index (Phi) is 5.72. The molecule has 6 nitrogen and oxygen atoms in total. The lowest BCUT2D eigenvalue weighted by Crippen LogP contribution is -2.23. The lowest BCUT2D eigenvalue weighted by Gasteiger charge is -2.18. The van der Waals surface area contributed by atoms with Gasteiger partial charge in [-0.15, -0.1) is 16.4 Å². The Balaban J connectivity index is 1.45. The van der Waals surface area contributed by atoms with E-state index in [1.807, 2.05) is 5.38 Å². The number of carbonyl (C=O) groups is 1. The van der Waals surface area contributed by atoms with Gasteiger partial charge >= 0.3 is 0 Å². The average Bonchev–Trinajstić information content (AvgIpc) is 3.43. The van der Waals surface area contributed by atoms with Gasteiger partial charge < -0.3 is 0 Å². The van der Waals surface area contributed by atoms with Gasteiger partial charge in [0.2, 0.25) is 11.1 Å². The number of hydrogen-bond acceptors (Lipinski definition) is 6. The third-order valence-electron chi connectivity index (χ3n) is 4.71. The van der Waals surface area contributed by atoms with E-state index in [9.17, 15) is 9.18 Å². The number of anilines is 2. The van der Waals surface area contributed by atoms with Crippen LogP contribution in [0.2, 0.25) is 0 Å². The van der Waals surface area contributed by atoms with Crippen LogP contribution in [0.4, 0.5) is 15.2 Å². The summed E-state index contributed by atoms with van der Waals surface area (Å²) in [6.45, 7) is 1.40. The summed E-state index contributed by atoms with van der Waals surface area (Å²) in [7, 11) is 0. The second-order valence-corrected chi connectivity index (χ2v) is 8.48. The van der Waals surface area contributed by atoms with Crippen LogP contribution in [0.15, 0.2) is 34.8 Å². The molecule has 1 aliphatic rings. The predicted octanol–water partition coefficient (Wildman–Crippen LogP) is 5.03. The van der Waals surface area contributed by atoms with Crippen molar-refractivity contribution < 1.29 is 9.18 Å². The Labute approximate surface area is 170 Å². The highest BCUT2D eigenvalue weighted by molar-refractivity contribution is 7.98. The lowest BCUT2D eigenvalue weighted by molar-refractivity contribution is -0.115. The highest BCUT2D eigenvalue weighted by atomic mass is 32.2. The Morgan fingerprint density at radius 1 is 1.32 bits per heavy atom. The summed E-state index contributed by atoms with van der Waals surface area (Å²) < 4.78 is 14.2. The summed E-state index contributed by atoms with van der Waals surface area (Å²) in [5, 5.41) is 10.4. The summed E-state index contributed by atoms with van der Waals surface area (Å²) in [5.41, 5.74) is 1.01. The first-order chi connectivity index (χ1) is 13.6. The first-order valence-corrected chi connectivity index (χ1v) is 11.0. The van der Waals surface area contributed by atoms with E-state index in [1.165, 1.54) is 66.7 Å². The molecule has 0 radical (unpaired) electrons. The normalized spacial score (nSPS) is 14.5. The molecule has 0 saturated heterocycles. The maximum absolute atomic E-state index is 14.2. The van der Waals surface area contributed by atoms with Crippen molar-refractivity contribution in [2.45, 2.75) is 49.4 Å². The molecule has 0 spiro atoms. The van der Waals surface area contributed by atoms with Crippen LogP contribution >= 0.6 is 23.1 Å². The van der Waals surface area contributed by atoms with Gasteiger partial charge in [0.15, 0.2) is 5.13 Å². The molecule has 0 bridgehead atoms. The van der Waals surface area contributed by atoms with Gasteiger partial charge in [0.25, 0.3) is 0 Å². The fraction of sp³-hybridized carbons (Fsp3) is 0.368. The van der Waals surface area contributed by atoms with Gasteiger partial charge in [-0.25, -0.2) is 14.4 Å². The largest absolute Gasteiger partial charge is 0.274 e. The summed E-state index contributed by atoms with van der Waals surface area (Å²) in [5.74, 6) is 1.32. The minimum absolute atomic E-state index is 0.207. The SMILES string of the molecule is CC(=O)N(c1nc(CSc2n[nH]c(C3CCCC3)n2)cs1)c1ccccc1F. The van der Waals surface area contributed by atoms with Crippen LogP contribution in [-0.4, -0.2) is 26.1 Å². The number of benzene rings is 1. The number of aromatic nitrogens is 4. The van der Waals surface area contributed by atoms with E-state index < -0.39 is 5.82 Å². The molecule has 0 unspecified atom stereocenters. The van der Waals surface area contributed by atoms with Crippen molar-refractivity contribution in [3.8, 4) is 0 Å². The molecule has 4 rings (SSSR count). The van der Waals surface area contributed by atoms with Gasteiger partial charge in [0.1, 0.15) is 11.6 Å². The zero-order chi connectivity index (χ0) is 19.5. The molecular weight excluding hydrogens is 397 g/mol. The van der Waals surface area contributed by atoms with Crippen LogP contribution in [0.1, 0.15) is 50.0 Å². The quantitative estimate of drug-likeness (QED) is 0.569. The number of rotatable bonds is 6. The maximum Gasteiger partial charge on any atom is 0.230 e. The van der Waals surface area contributed by atoms with Crippen molar-refractivity contribution in [2.75, 3.05) is 4.90 Å². The van der Waals surface area contributed by atoms with Crippen LogP contribution in [0.3, 0.4) is 0 Å². The van der Waals surface area contributed by atoms with Crippen molar-refractivity contribution >= 4 is 39.8 Å². The molecule has 1 N–H and O–H groups in total. The number of para-hydroxylation sites is 1. The number of nitrogens with one attached hydrogen (secondary N) is 1. The third kappa shape index (κ3) is 4.10. The molecule has 1 aliphatic carbocycles. The zero-order valence-corrected chi connectivity index (χ0v) is 17.0. The number of thioether (sulfide) groups is 1. The number of amides is 1. The minimum Gasteiger partial charge on any atom is -0.274 e. The summed E-state index contributed by atoms with van der Waals surface area (Å²) in [6, 6.07) is 6.20. The fourth-order valence-electron chi connectivity index (χ4n) is 3.35. The molecule has 146 valence electrons. The number of aromatic amines is 1. The topological polar surface area (TPSA) is 74.8 Å². The number of hydrogen-bond donors (Lipinski definition) is 1. The highest BCUT2D eigenvalue weighted by Gasteiger charge is 2.22. The van der Waals surface area contributed by atoms with Crippen LogP contribution < -0.4 is 4.90 Å². The van der Waals surface area contributed by atoms with Crippen molar-refractivity contribution in [1.82, 2.24) is 20.2 Å². The molecule has 0 aliphatic heterocycles. The Bertz CT molecular complexity index is 967. The molecule has 9 heteroatoms. The lowest BCUT2D eigenvalue weighted by atomic mass is 10.1. The van der Waals surface area contributed by atoms with Crippen molar-refractivity contribution in [1.29, 1.82) is 0 Å². The smallest absolute Gasteiger partial charge is 0.230 e. The van der Waals surface area contributed by atoms with Crippen LogP contribution in [0.25, 0.3) is 0 Å². The zero-order valence-electron chi connectivity index (χ0n) is 15.4. The third-order valence-corrected chi connectivity index (χ3v) is 6.47. The van der Waals surface area contributed by atoms with E-state index in [0.717, 1.165) is 11.5 Å². The second kappa shape index (κ2) is 8.40. The number of H-pyrrole nitrogens is 1. The van der Waals surface area contributed by atoms with E-state index in [-0.39, 0.29) is 11.6 Å². The Hall–Kier alpha value is -2.26. The Morgan fingerprint density at radius 2 is 2.11 bits per heavy atom. The Morgan fingerprint density at radius 3 is 2.86 bits per heavy atom.